The number of hydrogen-bond donors (Lipinski definition) is 1. The fraction of sp³-hybridized carbons (Fsp3) is 0.185. The van der Waals surface area contributed by atoms with Gasteiger partial charge in [0, 0.05) is 29.9 Å². The van der Waals surface area contributed by atoms with Crippen LogP contribution in [0.3, 0.4) is 0 Å². The summed E-state index contributed by atoms with van der Waals surface area (Å²) in [6.45, 7) is 3.31. The van der Waals surface area contributed by atoms with Gasteiger partial charge in [-0.15, -0.1) is 11.3 Å². The Labute approximate surface area is 225 Å². The van der Waals surface area contributed by atoms with E-state index in [1.807, 2.05) is 67.2 Å². The van der Waals surface area contributed by atoms with Crippen molar-refractivity contribution in [2.75, 3.05) is 13.3 Å². The summed E-state index contributed by atoms with van der Waals surface area (Å²) in [5.74, 6) is 0. The smallest absolute Gasteiger partial charge is 0.175 e. The Balaban J connectivity index is 1.50. The molecule has 0 saturated carbocycles. The second-order valence-corrected chi connectivity index (χ2v) is 12.6. The highest BCUT2D eigenvalue weighted by molar-refractivity contribution is 7.90. The van der Waals surface area contributed by atoms with Crippen molar-refractivity contribution in [3.63, 3.8) is 0 Å². The molecule has 2 aromatic carbocycles. The lowest BCUT2D eigenvalue weighted by Crippen LogP contribution is -2.18. The fourth-order valence-electron chi connectivity index (χ4n) is 4.17. The van der Waals surface area contributed by atoms with Crippen LogP contribution in [0.15, 0.2) is 77.7 Å². The van der Waals surface area contributed by atoms with E-state index in [9.17, 15) is 8.42 Å². The molecular weight excluding hydrogens is 526 g/mol. The quantitative estimate of drug-likeness (QED) is 0.256. The first-order chi connectivity index (χ1) is 17.7. The average molecular weight is 552 g/mol. The predicted octanol–water partition coefficient (Wildman–Crippen LogP) is 5.99. The number of nitrogens with one attached hydrogen (secondary N) is 1. The molecule has 0 aliphatic carbocycles. The maximum atomic E-state index is 12.1. The van der Waals surface area contributed by atoms with Crippen molar-refractivity contribution >= 4 is 32.8 Å². The summed E-state index contributed by atoms with van der Waals surface area (Å²) >= 11 is 8.15. The van der Waals surface area contributed by atoms with Crippen LogP contribution in [0, 0.1) is 6.92 Å². The first kappa shape index (κ1) is 25.4. The number of benzene rings is 2. The lowest BCUT2D eigenvalue weighted by molar-refractivity contribution is 0.310. The zero-order chi connectivity index (χ0) is 26.2. The van der Waals surface area contributed by atoms with Gasteiger partial charge in [-0.05, 0) is 68.1 Å². The molecule has 3 aromatic heterocycles. The number of sulfone groups is 1. The van der Waals surface area contributed by atoms with Gasteiger partial charge in [-0.3, -0.25) is 10.00 Å². The summed E-state index contributed by atoms with van der Waals surface area (Å²) in [6.07, 6.45) is 1.22. The zero-order valence-corrected chi connectivity index (χ0v) is 23.0. The van der Waals surface area contributed by atoms with Crippen LogP contribution in [0.1, 0.15) is 17.1 Å². The minimum Gasteiger partial charge on any atom is -0.295 e. The van der Waals surface area contributed by atoms with E-state index in [1.165, 1.54) is 6.26 Å². The highest BCUT2D eigenvalue weighted by Crippen LogP contribution is 2.37. The molecule has 1 N–H and O–H groups in total. The minimum atomic E-state index is -3.29. The van der Waals surface area contributed by atoms with Crippen molar-refractivity contribution in [3.8, 4) is 26.7 Å². The molecule has 0 spiro atoms. The van der Waals surface area contributed by atoms with Crippen molar-refractivity contribution in [2.45, 2.75) is 24.9 Å². The minimum absolute atomic E-state index is 0.304. The van der Waals surface area contributed by atoms with Gasteiger partial charge in [0.2, 0.25) is 0 Å². The van der Waals surface area contributed by atoms with Crippen LogP contribution in [-0.2, 0) is 22.9 Å². The molecule has 10 heteroatoms. The number of aromatic nitrogens is 4. The third kappa shape index (κ3) is 5.70. The molecule has 0 unspecified atom stereocenters. The molecule has 0 amide bonds. The van der Waals surface area contributed by atoms with Crippen molar-refractivity contribution in [2.24, 2.45) is 0 Å². The van der Waals surface area contributed by atoms with Crippen LogP contribution in [0.5, 0.6) is 0 Å². The van der Waals surface area contributed by atoms with E-state index in [-0.39, 0.29) is 0 Å². The molecular formula is C27H26ClN5O2S2. The van der Waals surface area contributed by atoms with E-state index in [0.717, 1.165) is 43.8 Å². The molecule has 0 aliphatic rings. The first-order valence-corrected chi connectivity index (χ1v) is 14.7. The summed E-state index contributed by atoms with van der Waals surface area (Å²) in [7, 11) is -1.25. The van der Waals surface area contributed by atoms with Gasteiger partial charge in [0.25, 0.3) is 0 Å². The molecule has 3 heterocycles. The average Bonchev–Trinajstić information content (AvgIpc) is 3.59. The maximum absolute atomic E-state index is 12.1. The van der Waals surface area contributed by atoms with Gasteiger partial charge >= 0.3 is 0 Å². The molecule has 5 rings (SSSR count). The topological polar surface area (TPSA) is 83.9 Å². The van der Waals surface area contributed by atoms with E-state index in [2.05, 4.69) is 21.2 Å². The fourth-order valence-corrected chi connectivity index (χ4v) is 6.05. The van der Waals surface area contributed by atoms with Gasteiger partial charge in [0.15, 0.2) is 9.84 Å². The molecule has 5 aromatic rings. The second kappa shape index (κ2) is 10.3. The normalized spacial score (nSPS) is 11.9. The summed E-state index contributed by atoms with van der Waals surface area (Å²) in [6, 6.07) is 22.8. The van der Waals surface area contributed by atoms with Crippen molar-refractivity contribution in [1.82, 2.24) is 24.9 Å². The second-order valence-electron chi connectivity index (χ2n) is 9.06. The predicted molar refractivity (Wildman–Crippen MR) is 149 cm³/mol. The Morgan fingerprint density at radius 1 is 0.973 bits per heavy atom. The van der Waals surface area contributed by atoms with Gasteiger partial charge in [0.05, 0.1) is 37.6 Å². The summed E-state index contributed by atoms with van der Waals surface area (Å²) in [4.78, 5) is 4.44. The third-order valence-corrected chi connectivity index (χ3v) is 8.46. The monoisotopic (exact) mass is 551 g/mol. The number of aryl methyl sites for hydroxylation is 1. The van der Waals surface area contributed by atoms with Gasteiger partial charge < -0.3 is 0 Å². The standard InChI is InChI=1S/C27H26ClN5O2S2/c1-18-13-20(30-29-18)16-32(2)17-21-15-25(33(31-21)24-10-5-4-9-23(24)28)27-12-11-26(36-27)19-7-6-8-22(14-19)37(3,34)35/h4-15H,16-17H2,1-3H3,(H,29,30). The Bertz CT molecular complexity index is 1670. The van der Waals surface area contributed by atoms with Crippen LogP contribution in [-0.4, -0.2) is 46.6 Å². The van der Waals surface area contributed by atoms with Gasteiger partial charge in [-0.25, -0.2) is 13.1 Å². The van der Waals surface area contributed by atoms with Crippen LogP contribution >= 0.6 is 22.9 Å². The Morgan fingerprint density at radius 3 is 2.46 bits per heavy atom. The molecule has 0 saturated heterocycles. The number of hydrogen-bond acceptors (Lipinski definition) is 6. The third-order valence-electron chi connectivity index (χ3n) is 5.87. The lowest BCUT2D eigenvalue weighted by atomic mass is 10.2. The van der Waals surface area contributed by atoms with E-state index in [4.69, 9.17) is 16.7 Å². The van der Waals surface area contributed by atoms with Gasteiger partial charge in [-0.1, -0.05) is 35.9 Å². The number of nitrogens with zero attached hydrogens (tertiary/aromatic N) is 4. The van der Waals surface area contributed by atoms with Crippen molar-refractivity contribution < 1.29 is 8.42 Å². The number of rotatable bonds is 8. The summed E-state index contributed by atoms with van der Waals surface area (Å²) < 4.78 is 26.0. The molecule has 0 bridgehead atoms. The number of para-hydroxylation sites is 1. The number of halogens is 1. The maximum Gasteiger partial charge on any atom is 0.175 e. The molecule has 0 radical (unpaired) electrons. The summed E-state index contributed by atoms with van der Waals surface area (Å²) in [5.41, 5.74) is 5.48. The Morgan fingerprint density at radius 2 is 1.73 bits per heavy atom. The van der Waals surface area contributed by atoms with Crippen LogP contribution in [0.2, 0.25) is 5.02 Å². The highest BCUT2D eigenvalue weighted by atomic mass is 35.5. The molecule has 37 heavy (non-hydrogen) atoms. The van der Waals surface area contributed by atoms with Crippen molar-refractivity contribution in [3.05, 3.63) is 94.9 Å². The molecule has 0 atom stereocenters. The van der Waals surface area contributed by atoms with E-state index in [1.54, 1.807) is 29.5 Å². The number of aromatic amines is 1. The Kier molecular flexibility index (Phi) is 7.04. The molecule has 0 aliphatic heterocycles. The SMILES string of the molecule is Cc1cc(CN(C)Cc2cc(-c3ccc(-c4cccc(S(C)(=O)=O)c4)s3)n(-c3ccccc3Cl)n2)n[nH]1. The molecule has 7 nitrogen and oxygen atoms in total. The number of H-pyrrole nitrogens is 1. The highest BCUT2D eigenvalue weighted by Gasteiger charge is 2.18. The summed E-state index contributed by atoms with van der Waals surface area (Å²) in [5, 5.41) is 12.8. The Hall–Kier alpha value is -3.24. The van der Waals surface area contributed by atoms with E-state index in [0.29, 0.717) is 23.0 Å². The zero-order valence-electron chi connectivity index (χ0n) is 20.6. The number of thiophene rings is 1. The van der Waals surface area contributed by atoms with Gasteiger partial charge in [-0.2, -0.15) is 10.2 Å². The van der Waals surface area contributed by atoms with E-state index >= 15 is 0 Å². The van der Waals surface area contributed by atoms with Crippen LogP contribution in [0.4, 0.5) is 0 Å². The lowest BCUT2D eigenvalue weighted by Gasteiger charge is -2.13. The van der Waals surface area contributed by atoms with Crippen molar-refractivity contribution in [1.29, 1.82) is 0 Å². The van der Waals surface area contributed by atoms with E-state index < -0.39 is 9.84 Å². The van der Waals surface area contributed by atoms with Crippen LogP contribution in [0.25, 0.3) is 26.7 Å². The van der Waals surface area contributed by atoms with Gasteiger partial charge in [0.1, 0.15) is 0 Å². The first-order valence-electron chi connectivity index (χ1n) is 11.6. The largest absolute Gasteiger partial charge is 0.295 e. The molecule has 190 valence electrons. The molecule has 0 fully saturated rings. The van der Waals surface area contributed by atoms with Crippen LogP contribution < -0.4 is 0 Å².